The molecular formula is C19H13Cl2N3O2S2. The molecule has 5 nitrogen and oxygen atoms in total. The zero-order valence-corrected chi connectivity index (χ0v) is 17.7. The van der Waals surface area contributed by atoms with E-state index in [9.17, 15) is 4.79 Å². The molecule has 3 aromatic heterocycles. The van der Waals surface area contributed by atoms with Gasteiger partial charge >= 0.3 is 0 Å². The third-order valence-electron chi connectivity index (χ3n) is 4.01. The lowest BCUT2D eigenvalue weighted by Gasteiger charge is -2.19. The zero-order valence-electron chi connectivity index (χ0n) is 14.6. The Hall–Kier alpha value is -2.19. The van der Waals surface area contributed by atoms with E-state index in [1.54, 1.807) is 30.5 Å². The van der Waals surface area contributed by atoms with E-state index in [2.05, 4.69) is 9.97 Å². The van der Waals surface area contributed by atoms with E-state index in [4.69, 9.17) is 27.9 Å². The van der Waals surface area contributed by atoms with E-state index in [1.807, 2.05) is 30.3 Å². The summed E-state index contributed by atoms with van der Waals surface area (Å²) < 4.78 is 7.04. The largest absolute Gasteiger partial charge is 0.497 e. The van der Waals surface area contributed by atoms with Crippen molar-refractivity contribution in [2.24, 2.45) is 0 Å². The Balaban J connectivity index is 1.78. The van der Waals surface area contributed by atoms with Gasteiger partial charge in [0, 0.05) is 18.5 Å². The monoisotopic (exact) mass is 449 g/mol. The number of fused-ring (bicyclic) bond motifs is 1. The van der Waals surface area contributed by atoms with Gasteiger partial charge in [0.2, 0.25) is 0 Å². The van der Waals surface area contributed by atoms with Gasteiger partial charge in [0.25, 0.3) is 5.91 Å². The molecule has 0 radical (unpaired) electrons. The molecule has 0 aliphatic carbocycles. The highest BCUT2D eigenvalue weighted by molar-refractivity contribution is 7.22. The first-order valence-electron chi connectivity index (χ1n) is 8.15. The van der Waals surface area contributed by atoms with Gasteiger partial charge in [-0.1, -0.05) is 40.6 Å². The molecule has 142 valence electrons. The number of aromatic nitrogens is 2. The number of thiophene rings is 1. The van der Waals surface area contributed by atoms with Crippen molar-refractivity contribution in [3.63, 3.8) is 0 Å². The van der Waals surface area contributed by atoms with Crippen LogP contribution in [0.25, 0.3) is 10.2 Å². The van der Waals surface area contributed by atoms with Crippen LogP contribution in [0.2, 0.25) is 8.67 Å². The molecule has 28 heavy (non-hydrogen) atoms. The number of nitrogens with zero attached hydrogens (tertiary/aromatic N) is 3. The van der Waals surface area contributed by atoms with E-state index < -0.39 is 0 Å². The van der Waals surface area contributed by atoms with Gasteiger partial charge in [0.05, 0.1) is 33.8 Å². The molecule has 4 aromatic rings. The van der Waals surface area contributed by atoms with Crippen LogP contribution in [0, 0.1) is 0 Å². The maximum Gasteiger partial charge on any atom is 0.262 e. The minimum atomic E-state index is -0.261. The Labute approximate surface area is 179 Å². The number of rotatable bonds is 5. The van der Waals surface area contributed by atoms with Gasteiger partial charge in [0.15, 0.2) is 5.13 Å². The molecule has 0 bridgehead atoms. The summed E-state index contributed by atoms with van der Waals surface area (Å²) in [7, 11) is 1.61. The number of hydrogen-bond acceptors (Lipinski definition) is 6. The highest BCUT2D eigenvalue weighted by Crippen LogP contribution is 2.36. The number of ether oxygens (including phenoxy) is 1. The normalized spacial score (nSPS) is 11.0. The Kier molecular flexibility index (Phi) is 5.50. The fraction of sp³-hybridized carbons (Fsp3) is 0.105. The Morgan fingerprint density at radius 3 is 2.75 bits per heavy atom. The van der Waals surface area contributed by atoms with Crippen LogP contribution in [0.4, 0.5) is 5.13 Å². The maximum absolute atomic E-state index is 13.3. The van der Waals surface area contributed by atoms with E-state index in [1.165, 1.54) is 11.3 Å². The summed E-state index contributed by atoms with van der Waals surface area (Å²) in [5, 5.41) is 0.565. The minimum Gasteiger partial charge on any atom is -0.497 e. The van der Waals surface area contributed by atoms with Crippen molar-refractivity contribution in [1.82, 2.24) is 9.97 Å². The maximum atomic E-state index is 13.3. The number of pyridine rings is 1. The molecule has 0 unspecified atom stereocenters. The summed E-state index contributed by atoms with van der Waals surface area (Å²) in [6.07, 6.45) is 3.41. The lowest BCUT2D eigenvalue weighted by Crippen LogP contribution is -2.30. The van der Waals surface area contributed by atoms with Crippen LogP contribution in [0.15, 0.2) is 48.8 Å². The van der Waals surface area contributed by atoms with Gasteiger partial charge in [-0.2, -0.15) is 0 Å². The lowest BCUT2D eigenvalue weighted by molar-refractivity contribution is 0.0985. The molecule has 1 aromatic carbocycles. The SMILES string of the molecule is COc1ccc2sc(N(Cc3cccnc3)C(=O)c3cc(Cl)sc3Cl)nc2c1. The van der Waals surface area contributed by atoms with E-state index in [0.717, 1.165) is 27.1 Å². The van der Waals surface area contributed by atoms with Crippen molar-refractivity contribution >= 4 is 67.1 Å². The molecular weight excluding hydrogens is 437 g/mol. The van der Waals surface area contributed by atoms with Crippen LogP contribution in [-0.4, -0.2) is 23.0 Å². The topological polar surface area (TPSA) is 55.3 Å². The first kappa shape index (κ1) is 19.1. The Bertz CT molecular complexity index is 1140. The number of halogens is 2. The predicted octanol–water partition coefficient (Wildman–Crippen LogP) is 5.92. The van der Waals surface area contributed by atoms with Crippen LogP contribution >= 0.6 is 45.9 Å². The summed E-state index contributed by atoms with van der Waals surface area (Å²) in [6, 6.07) is 11.0. The number of carbonyl (C=O) groups excluding carboxylic acids is 1. The molecule has 0 saturated carbocycles. The van der Waals surface area contributed by atoms with Gasteiger partial charge in [-0.3, -0.25) is 14.7 Å². The first-order valence-corrected chi connectivity index (χ1v) is 10.5. The molecule has 0 saturated heterocycles. The van der Waals surface area contributed by atoms with Crippen LogP contribution in [0.3, 0.4) is 0 Å². The van der Waals surface area contributed by atoms with E-state index >= 15 is 0 Å². The standard InChI is InChI=1S/C19H13Cl2N3O2S2/c1-26-12-4-5-15-14(7-12)23-19(27-15)24(10-11-3-2-6-22-9-11)18(25)13-8-16(20)28-17(13)21/h2-9H,10H2,1H3. The number of methoxy groups -OCH3 is 1. The van der Waals surface area contributed by atoms with Crippen LogP contribution in [-0.2, 0) is 6.54 Å². The highest BCUT2D eigenvalue weighted by atomic mass is 35.5. The third-order valence-corrected chi connectivity index (χ3v) is 6.56. The predicted molar refractivity (Wildman–Crippen MR) is 115 cm³/mol. The second-order valence-corrected chi connectivity index (χ2v) is 9.12. The van der Waals surface area contributed by atoms with Crippen LogP contribution in [0.5, 0.6) is 5.75 Å². The van der Waals surface area contributed by atoms with Crippen molar-refractivity contribution in [1.29, 1.82) is 0 Å². The average Bonchev–Trinajstić information content (AvgIpc) is 3.27. The zero-order chi connectivity index (χ0) is 19.7. The number of benzene rings is 1. The molecule has 0 N–H and O–H groups in total. The molecule has 0 aliphatic heterocycles. The summed E-state index contributed by atoms with van der Waals surface area (Å²) in [4.78, 5) is 23.7. The fourth-order valence-corrected chi connectivity index (χ4v) is 5.06. The number of carbonyl (C=O) groups is 1. The summed E-state index contributed by atoms with van der Waals surface area (Å²) in [5.41, 5.74) is 2.00. The van der Waals surface area contributed by atoms with Crippen molar-refractivity contribution < 1.29 is 9.53 Å². The lowest BCUT2D eigenvalue weighted by atomic mass is 10.2. The minimum absolute atomic E-state index is 0.261. The average molecular weight is 450 g/mol. The highest BCUT2D eigenvalue weighted by Gasteiger charge is 2.25. The van der Waals surface area contributed by atoms with Crippen LogP contribution < -0.4 is 9.64 Å². The molecule has 1 amide bonds. The number of anilines is 1. The quantitative estimate of drug-likeness (QED) is 0.379. The second-order valence-electron chi connectivity index (χ2n) is 5.82. The number of hydrogen-bond donors (Lipinski definition) is 0. The molecule has 0 aliphatic rings. The van der Waals surface area contributed by atoms with Crippen molar-refractivity contribution in [3.8, 4) is 5.75 Å². The Morgan fingerprint density at radius 1 is 1.21 bits per heavy atom. The smallest absolute Gasteiger partial charge is 0.262 e. The van der Waals surface area contributed by atoms with Gasteiger partial charge in [-0.05, 0) is 29.8 Å². The van der Waals surface area contributed by atoms with Gasteiger partial charge < -0.3 is 4.74 Å². The molecule has 0 fully saturated rings. The molecule has 0 atom stereocenters. The summed E-state index contributed by atoms with van der Waals surface area (Å²) >= 11 is 14.9. The molecule has 3 heterocycles. The second kappa shape index (κ2) is 8.05. The summed E-state index contributed by atoms with van der Waals surface area (Å²) in [5.74, 6) is 0.449. The Morgan fingerprint density at radius 2 is 2.07 bits per heavy atom. The van der Waals surface area contributed by atoms with E-state index in [0.29, 0.717) is 31.7 Å². The van der Waals surface area contributed by atoms with Gasteiger partial charge in [0.1, 0.15) is 10.1 Å². The van der Waals surface area contributed by atoms with Crippen molar-refractivity contribution in [2.45, 2.75) is 6.54 Å². The van der Waals surface area contributed by atoms with Crippen molar-refractivity contribution in [3.05, 3.63) is 68.6 Å². The van der Waals surface area contributed by atoms with Crippen molar-refractivity contribution in [2.75, 3.05) is 12.0 Å². The molecule has 4 rings (SSSR count). The number of amides is 1. The number of thiazole rings is 1. The summed E-state index contributed by atoms with van der Waals surface area (Å²) in [6.45, 7) is 0.313. The van der Waals surface area contributed by atoms with Crippen LogP contribution in [0.1, 0.15) is 15.9 Å². The first-order chi connectivity index (χ1) is 13.5. The fourth-order valence-electron chi connectivity index (χ4n) is 2.67. The molecule has 9 heteroatoms. The van der Waals surface area contributed by atoms with Gasteiger partial charge in [-0.25, -0.2) is 4.98 Å². The third kappa shape index (κ3) is 3.84. The van der Waals surface area contributed by atoms with Gasteiger partial charge in [-0.15, -0.1) is 11.3 Å². The van der Waals surface area contributed by atoms with E-state index in [-0.39, 0.29) is 5.91 Å². The molecule has 0 spiro atoms.